The molecule has 0 radical (unpaired) electrons. The zero-order valence-electron chi connectivity index (χ0n) is 15.7. The van der Waals surface area contributed by atoms with Gasteiger partial charge in [-0.1, -0.05) is 0 Å². The van der Waals surface area contributed by atoms with Crippen molar-refractivity contribution in [3.8, 4) is 0 Å². The predicted octanol–water partition coefficient (Wildman–Crippen LogP) is 0.915. The smallest absolute Gasteiger partial charge is 0.319 e. The molecule has 144 valence electrons. The van der Waals surface area contributed by atoms with E-state index in [1.807, 2.05) is 16.7 Å². The molecular weight excluding hydrogens is 346 g/mol. The third kappa shape index (κ3) is 3.14. The quantitative estimate of drug-likeness (QED) is 0.808. The number of aliphatic hydroxyl groups is 1. The summed E-state index contributed by atoms with van der Waals surface area (Å²) in [6.45, 7) is 2.00. The Bertz CT molecular complexity index is 879. The minimum atomic E-state index is -0.797. The number of hydrogen-bond donors (Lipinski definition) is 1. The second-order valence-electron chi connectivity index (χ2n) is 7.79. The molecular formula is C19H25N5O3. The molecule has 0 saturated carbocycles. The van der Waals surface area contributed by atoms with Gasteiger partial charge in [-0.25, -0.2) is 9.78 Å². The van der Waals surface area contributed by atoms with Gasteiger partial charge in [-0.2, -0.15) is 0 Å². The van der Waals surface area contributed by atoms with Crippen LogP contribution in [0.1, 0.15) is 23.2 Å². The number of urea groups is 1. The number of carbonyl (C=O) groups excluding carboxylic acids is 2. The van der Waals surface area contributed by atoms with Crippen LogP contribution in [0.3, 0.4) is 0 Å². The van der Waals surface area contributed by atoms with Crippen molar-refractivity contribution >= 4 is 17.6 Å². The van der Waals surface area contributed by atoms with Crippen molar-refractivity contribution in [3.63, 3.8) is 0 Å². The molecule has 3 amide bonds. The number of likely N-dealkylation sites (tertiary alicyclic amines) is 2. The summed E-state index contributed by atoms with van der Waals surface area (Å²) in [5.41, 5.74) is 0.599. The first-order chi connectivity index (χ1) is 12.9. The number of carbonyl (C=O) groups is 2. The zero-order valence-corrected chi connectivity index (χ0v) is 15.7. The molecule has 2 atom stereocenters. The molecule has 2 fully saturated rings. The van der Waals surface area contributed by atoms with Gasteiger partial charge in [0.15, 0.2) is 0 Å². The van der Waals surface area contributed by atoms with Gasteiger partial charge in [0.25, 0.3) is 5.91 Å². The average Bonchev–Trinajstić information content (AvgIpc) is 3.13. The van der Waals surface area contributed by atoms with Gasteiger partial charge in [0.05, 0.1) is 11.2 Å². The highest BCUT2D eigenvalue weighted by Gasteiger charge is 2.47. The van der Waals surface area contributed by atoms with Crippen molar-refractivity contribution < 1.29 is 14.7 Å². The molecule has 2 aromatic heterocycles. The van der Waals surface area contributed by atoms with Crippen LogP contribution in [-0.2, 0) is 0 Å². The largest absolute Gasteiger partial charge is 0.389 e. The molecule has 2 saturated heterocycles. The summed E-state index contributed by atoms with van der Waals surface area (Å²) in [5, 5.41) is 11.0. The first-order valence-electron chi connectivity index (χ1n) is 9.28. The van der Waals surface area contributed by atoms with E-state index in [0.717, 1.165) is 5.65 Å². The van der Waals surface area contributed by atoms with Gasteiger partial charge in [-0.05, 0) is 25.0 Å². The normalized spacial score (nSPS) is 25.4. The SMILES string of the molecule is CN(C)C(=O)N1CC[C@]2(O)CCN(C(=O)c3ccc4nccn4c3)C[C@@H]2C1. The van der Waals surface area contributed by atoms with Crippen molar-refractivity contribution in [1.82, 2.24) is 24.1 Å². The minimum absolute atomic E-state index is 0.0499. The summed E-state index contributed by atoms with van der Waals surface area (Å²) in [5.74, 6) is -0.187. The maximum absolute atomic E-state index is 13.0. The fourth-order valence-corrected chi connectivity index (χ4v) is 4.17. The molecule has 8 heteroatoms. The van der Waals surface area contributed by atoms with Crippen LogP contribution in [0.2, 0.25) is 0 Å². The van der Waals surface area contributed by atoms with Crippen LogP contribution in [0, 0.1) is 5.92 Å². The Kier molecular flexibility index (Phi) is 4.30. The highest BCUT2D eigenvalue weighted by Crippen LogP contribution is 2.36. The van der Waals surface area contributed by atoms with Crippen molar-refractivity contribution in [2.75, 3.05) is 40.3 Å². The van der Waals surface area contributed by atoms with E-state index >= 15 is 0 Å². The van der Waals surface area contributed by atoms with Crippen LogP contribution in [-0.4, -0.2) is 87.0 Å². The van der Waals surface area contributed by atoms with Gasteiger partial charge in [0.1, 0.15) is 5.65 Å². The lowest BCUT2D eigenvalue weighted by molar-refractivity contribution is -0.100. The van der Waals surface area contributed by atoms with Crippen LogP contribution < -0.4 is 0 Å². The van der Waals surface area contributed by atoms with Gasteiger partial charge < -0.3 is 24.2 Å². The van der Waals surface area contributed by atoms with Crippen molar-refractivity contribution in [2.45, 2.75) is 18.4 Å². The third-order valence-electron chi connectivity index (χ3n) is 5.85. The third-order valence-corrected chi connectivity index (χ3v) is 5.85. The number of imidazole rings is 1. The van der Waals surface area contributed by atoms with E-state index in [1.165, 1.54) is 0 Å². The fourth-order valence-electron chi connectivity index (χ4n) is 4.17. The molecule has 4 heterocycles. The molecule has 4 rings (SSSR count). The summed E-state index contributed by atoms with van der Waals surface area (Å²) >= 11 is 0. The predicted molar refractivity (Wildman–Crippen MR) is 99.4 cm³/mol. The highest BCUT2D eigenvalue weighted by molar-refractivity contribution is 5.94. The van der Waals surface area contributed by atoms with Crippen LogP contribution in [0.5, 0.6) is 0 Å². The van der Waals surface area contributed by atoms with E-state index in [0.29, 0.717) is 44.6 Å². The number of hydrogen-bond acceptors (Lipinski definition) is 4. The van der Waals surface area contributed by atoms with Gasteiger partial charge in [-0.15, -0.1) is 0 Å². The first-order valence-corrected chi connectivity index (χ1v) is 9.28. The van der Waals surface area contributed by atoms with E-state index in [-0.39, 0.29) is 17.9 Å². The van der Waals surface area contributed by atoms with E-state index in [2.05, 4.69) is 4.98 Å². The number of fused-ring (bicyclic) bond motifs is 2. The molecule has 27 heavy (non-hydrogen) atoms. The van der Waals surface area contributed by atoms with Gasteiger partial charge >= 0.3 is 6.03 Å². The Hall–Kier alpha value is -2.61. The average molecular weight is 371 g/mol. The number of pyridine rings is 1. The number of piperidine rings is 2. The second-order valence-corrected chi connectivity index (χ2v) is 7.79. The lowest BCUT2D eigenvalue weighted by Gasteiger charge is -2.50. The van der Waals surface area contributed by atoms with Crippen molar-refractivity contribution in [3.05, 3.63) is 36.3 Å². The van der Waals surface area contributed by atoms with Crippen LogP contribution in [0.4, 0.5) is 4.79 Å². The lowest BCUT2D eigenvalue weighted by Crippen LogP contribution is -2.62. The molecule has 0 unspecified atom stereocenters. The lowest BCUT2D eigenvalue weighted by atomic mass is 9.75. The Morgan fingerprint density at radius 2 is 1.89 bits per heavy atom. The summed E-state index contributed by atoms with van der Waals surface area (Å²) in [7, 11) is 3.46. The summed E-state index contributed by atoms with van der Waals surface area (Å²) in [6, 6.07) is 3.56. The van der Waals surface area contributed by atoms with E-state index in [4.69, 9.17) is 0 Å². The second kappa shape index (κ2) is 6.53. The Labute approximate surface area is 158 Å². The molecule has 0 spiro atoms. The monoisotopic (exact) mass is 371 g/mol. The van der Waals surface area contributed by atoms with Crippen molar-refractivity contribution in [1.29, 1.82) is 0 Å². The van der Waals surface area contributed by atoms with Gasteiger partial charge in [0, 0.05) is 64.8 Å². The van der Waals surface area contributed by atoms with Crippen LogP contribution in [0.15, 0.2) is 30.7 Å². The highest BCUT2D eigenvalue weighted by atomic mass is 16.3. The molecule has 0 aliphatic carbocycles. The topological polar surface area (TPSA) is 81.4 Å². The summed E-state index contributed by atoms with van der Waals surface area (Å²) in [6.07, 6.45) is 6.39. The van der Waals surface area contributed by atoms with Crippen molar-refractivity contribution in [2.24, 2.45) is 5.92 Å². The Morgan fingerprint density at radius 1 is 1.19 bits per heavy atom. The molecule has 2 aliphatic rings. The van der Waals surface area contributed by atoms with Crippen LogP contribution >= 0.6 is 0 Å². The Morgan fingerprint density at radius 3 is 2.63 bits per heavy atom. The number of aromatic nitrogens is 2. The number of nitrogens with zero attached hydrogens (tertiary/aromatic N) is 5. The minimum Gasteiger partial charge on any atom is -0.389 e. The maximum atomic E-state index is 13.0. The molecule has 2 aliphatic heterocycles. The molecule has 1 N–H and O–H groups in total. The number of amides is 3. The summed E-state index contributed by atoms with van der Waals surface area (Å²) in [4.78, 5) is 34.6. The van der Waals surface area contributed by atoms with E-state index in [9.17, 15) is 14.7 Å². The zero-order chi connectivity index (χ0) is 19.2. The molecule has 0 aromatic carbocycles. The maximum Gasteiger partial charge on any atom is 0.319 e. The van der Waals surface area contributed by atoms with Gasteiger partial charge in [-0.3, -0.25) is 4.79 Å². The standard InChI is InChI=1S/C19H25N5O3/c1-21(2)18(26)24-9-6-19(27)5-8-23(12-15(19)13-24)17(25)14-3-4-16-20-7-10-22(16)11-14/h3-4,7,10-11,15,27H,5-6,8-9,12-13H2,1-2H3/t15-,19-/m1/s1. The van der Waals surface area contributed by atoms with Crippen LogP contribution in [0.25, 0.3) is 5.65 Å². The molecule has 2 aromatic rings. The fraction of sp³-hybridized carbons (Fsp3) is 0.526. The van der Waals surface area contributed by atoms with E-state index in [1.54, 1.807) is 47.3 Å². The molecule has 8 nitrogen and oxygen atoms in total. The van der Waals surface area contributed by atoms with Gasteiger partial charge in [0.2, 0.25) is 0 Å². The summed E-state index contributed by atoms with van der Waals surface area (Å²) < 4.78 is 1.83. The first kappa shape index (κ1) is 17.8. The van der Waals surface area contributed by atoms with E-state index < -0.39 is 5.60 Å². The molecule has 0 bridgehead atoms. The Balaban J connectivity index is 1.51. The number of rotatable bonds is 1.